The van der Waals surface area contributed by atoms with Crippen LogP contribution in [0, 0.1) is 0 Å². The fraction of sp³-hybridized carbons (Fsp3) is 0.214. The SMILES string of the molecule is CCCNc1cc(-c2ccc(C(N)=O)cc2)nc(N)n1. The first-order valence-corrected chi connectivity index (χ1v) is 6.39. The maximum atomic E-state index is 11.0. The Balaban J connectivity index is 2.31. The molecule has 104 valence electrons. The van der Waals surface area contributed by atoms with Crippen molar-refractivity contribution in [2.75, 3.05) is 17.6 Å². The molecule has 0 aliphatic heterocycles. The maximum absolute atomic E-state index is 11.0. The van der Waals surface area contributed by atoms with Crippen molar-refractivity contribution in [1.82, 2.24) is 9.97 Å². The molecule has 0 aliphatic carbocycles. The standard InChI is InChI=1S/C14H17N5O/c1-2-7-17-12-8-11(18-14(16)19-12)9-3-5-10(6-4-9)13(15)20/h3-6,8H,2,7H2,1H3,(H2,15,20)(H3,16,17,18,19). The number of rotatable bonds is 5. The molecule has 6 heteroatoms. The Bertz CT molecular complexity index is 609. The van der Waals surface area contributed by atoms with E-state index in [-0.39, 0.29) is 5.95 Å². The third-order valence-corrected chi connectivity index (χ3v) is 2.76. The summed E-state index contributed by atoms with van der Waals surface area (Å²) in [6.45, 7) is 2.89. The second kappa shape index (κ2) is 6.01. The summed E-state index contributed by atoms with van der Waals surface area (Å²) in [4.78, 5) is 19.4. The number of carbonyl (C=O) groups is 1. The lowest BCUT2D eigenvalue weighted by molar-refractivity contribution is 0.100. The highest BCUT2D eigenvalue weighted by Crippen LogP contribution is 2.21. The number of nitrogens with one attached hydrogen (secondary N) is 1. The number of nitrogen functional groups attached to an aromatic ring is 1. The number of anilines is 2. The van der Waals surface area contributed by atoms with E-state index in [4.69, 9.17) is 11.5 Å². The van der Waals surface area contributed by atoms with Gasteiger partial charge in [0.05, 0.1) is 5.69 Å². The lowest BCUT2D eigenvalue weighted by Gasteiger charge is -2.08. The smallest absolute Gasteiger partial charge is 0.248 e. The van der Waals surface area contributed by atoms with Crippen LogP contribution in [0.5, 0.6) is 0 Å². The van der Waals surface area contributed by atoms with Crippen LogP contribution in [0.4, 0.5) is 11.8 Å². The minimum Gasteiger partial charge on any atom is -0.370 e. The number of hydrogen-bond acceptors (Lipinski definition) is 5. The highest BCUT2D eigenvalue weighted by molar-refractivity contribution is 5.93. The first kappa shape index (κ1) is 13.8. The molecule has 0 bridgehead atoms. The summed E-state index contributed by atoms with van der Waals surface area (Å²) in [5, 5.41) is 3.17. The molecule has 0 fully saturated rings. The Hall–Kier alpha value is -2.63. The third kappa shape index (κ3) is 3.23. The summed E-state index contributed by atoms with van der Waals surface area (Å²) in [7, 11) is 0. The monoisotopic (exact) mass is 271 g/mol. The van der Waals surface area contributed by atoms with E-state index < -0.39 is 5.91 Å². The Morgan fingerprint density at radius 2 is 1.95 bits per heavy atom. The molecule has 1 aromatic heterocycles. The molecule has 0 saturated carbocycles. The van der Waals surface area contributed by atoms with Gasteiger partial charge in [0.15, 0.2) is 0 Å². The number of carbonyl (C=O) groups excluding carboxylic acids is 1. The van der Waals surface area contributed by atoms with Gasteiger partial charge in [0, 0.05) is 23.7 Å². The molecule has 0 spiro atoms. The number of nitrogens with two attached hydrogens (primary N) is 2. The molecule has 0 aliphatic rings. The van der Waals surface area contributed by atoms with Crippen molar-refractivity contribution >= 4 is 17.7 Å². The topological polar surface area (TPSA) is 107 Å². The summed E-state index contributed by atoms with van der Waals surface area (Å²) in [5.74, 6) is 0.442. The molecule has 0 unspecified atom stereocenters. The Morgan fingerprint density at radius 1 is 1.25 bits per heavy atom. The van der Waals surface area contributed by atoms with Crippen LogP contribution in [-0.2, 0) is 0 Å². The zero-order valence-electron chi connectivity index (χ0n) is 11.3. The Labute approximate surface area is 117 Å². The summed E-state index contributed by atoms with van der Waals surface area (Å²) < 4.78 is 0. The molecule has 1 aromatic carbocycles. The summed E-state index contributed by atoms with van der Waals surface area (Å²) in [5.41, 5.74) is 12.9. The van der Waals surface area contributed by atoms with E-state index in [1.807, 2.05) is 6.07 Å². The third-order valence-electron chi connectivity index (χ3n) is 2.76. The van der Waals surface area contributed by atoms with Crippen LogP contribution in [0.1, 0.15) is 23.7 Å². The van der Waals surface area contributed by atoms with Crippen LogP contribution >= 0.6 is 0 Å². The van der Waals surface area contributed by atoms with Gasteiger partial charge in [0.25, 0.3) is 0 Å². The summed E-state index contributed by atoms with van der Waals surface area (Å²) in [6, 6.07) is 8.71. The average Bonchev–Trinajstić information content (AvgIpc) is 2.44. The number of nitrogens with zero attached hydrogens (tertiary/aromatic N) is 2. The van der Waals surface area contributed by atoms with Gasteiger partial charge in [-0.2, -0.15) is 4.98 Å². The van der Waals surface area contributed by atoms with E-state index in [0.29, 0.717) is 17.1 Å². The summed E-state index contributed by atoms with van der Waals surface area (Å²) >= 11 is 0. The molecule has 1 amide bonds. The van der Waals surface area contributed by atoms with E-state index in [2.05, 4.69) is 22.2 Å². The van der Waals surface area contributed by atoms with Crippen molar-refractivity contribution in [3.05, 3.63) is 35.9 Å². The van der Waals surface area contributed by atoms with Crippen LogP contribution in [-0.4, -0.2) is 22.4 Å². The lowest BCUT2D eigenvalue weighted by Crippen LogP contribution is -2.10. The van der Waals surface area contributed by atoms with Gasteiger partial charge in [-0.25, -0.2) is 4.98 Å². The molecule has 20 heavy (non-hydrogen) atoms. The predicted molar refractivity (Wildman–Crippen MR) is 79.2 cm³/mol. The van der Waals surface area contributed by atoms with E-state index in [9.17, 15) is 4.79 Å². The Kier molecular flexibility index (Phi) is 4.14. The zero-order valence-corrected chi connectivity index (χ0v) is 11.3. The van der Waals surface area contributed by atoms with Gasteiger partial charge in [0.2, 0.25) is 11.9 Å². The highest BCUT2D eigenvalue weighted by Gasteiger charge is 2.06. The number of amides is 1. The van der Waals surface area contributed by atoms with E-state index in [1.54, 1.807) is 24.3 Å². The lowest BCUT2D eigenvalue weighted by atomic mass is 10.1. The molecule has 1 heterocycles. The minimum atomic E-state index is -0.455. The number of primary amides is 1. The van der Waals surface area contributed by atoms with Gasteiger partial charge in [-0.05, 0) is 18.6 Å². The molecule has 5 N–H and O–H groups in total. The van der Waals surface area contributed by atoms with Crippen molar-refractivity contribution in [3.8, 4) is 11.3 Å². The van der Waals surface area contributed by atoms with E-state index in [0.717, 1.165) is 18.5 Å². The average molecular weight is 271 g/mol. The fourth-order valence-electron chi connectivity index (χ4n) is 1.76. The van der Waals surface area contributed by atoms with Crippen LogP contribution in [0.25, 0.3) is 11.3 Å². The normalized spacial score (nSPS) is 10.2. The molecule has 2 aromatic rings. The van der Waals surface area contributed by atoms with Gasteiger partial charge in [-0.1, -0.05) is 19.1 Å². The second-order valence-corrected chi connectivity index (χ2v) is 4.37. The van der Waals surface area contributed by atoms with Crippen molar-refractivity contribution in [1.29, 1.82) is 0 Å². The van der Waals surface area contributed by atoms with Crippen LogP contribution in [0.2, 0.25) is 0 Å². The fourth-order valence-corrected chi connectivity index (χ4v) is 1.76. The van der Waals surface area contributed by atoms with E-state index >= 15 is 0 Å². The second-order valence-electron chi connectivity index (χ2n) is 4.37. The molecular formula is C14H17N5O. The highest BCUT2D eigenvalue weighted by atomic mass is 16.1. The van der Waals surface area contributed by atoms with Crippen LogP contribution in [0.3, 0.4) is 0 Å². The van der Waals surface area contributed by atoms with Crippen molar-refractivity contribution < 1.29 is 4.79 Å². The first-order valence-electron chi connectivity index (χ1n) is 6.39. The zero-order chi connectivity index (χ0) is 14.5. The molecule has 0 atom stereocenters. The first-order chi connectivity index (χ1) is 9.60. The van der Waals surface area contributed by atoms with Gasteiger partial charge in [0.1, 0.15) is 5.82 Å². The molecule has 2 rings (SSSR count). The van der Waals surface area contributed by atoms with Crippen molar-refractivity contribution in [3.63, 3.8) is 0 Å². The predicted octanol–water partition coefficient (Wildman–Crippen LogP) is 1.65. The Morgan fingerprint density at radius 3 is 2.55 bits per heavy atom. The van der Waals surface area contributed by atoms with Gasteiger partial charge in [-0.3, -0.25) is 4.79 Å². The van der Waals surface area contributed by atoms with Gasteiger partial charge in [-0.15, -0.1) is 0 Å². The maximum Gasteiger partial charge on any atom is 0.248 e. The molecular weight excluding hydrogens is 254 g/mol. The number of benzene rings is 1. The van der Waals surface area contributed by atoms with Gasteiger partial charge < -0.3 is 16.8 Å². The molecule has 0 saturated heterocycles. The van der Waals surface area contributed by atoms with Crippen molar-refractivity contribution in [2.45, 2.75) is 13.3 Å². The molecule has 0 radical (unpaired) electrons. The molecule has 6 nitrogen and oxygen atoms in total. The van der Waals surface area contributed by atoms with Gasteiger partial charge >= 0.3 is 0 Å². The van der Waals surface area contributed by atoms with Crippen LogP contribution < -0.4 is 16.8 Å². The largest absolute Gasteiger partial charge is 0.370 e. The number of aromatic nitrogens is 2. The minimum absolute atomic E-state index is 0.208. The quantitative estimate of drug-likeness (QED) is 0.766. The van der Waals surface area contributed by atoms with Crippen molar-refractivity contribution in [2.24, 2.45) is 5.73 Å². The van der Waals surface area contributed by atoms with E-state index in [1.165, 1.54) is 0 Å². The summed E-state index contributed by atoms with van der Waals surface area (Å²) in [6.07, 6.45) is 0.993. The number of hydrogen-bond donors (Lipinski definition) is 3. The van der Waals surface area contributed by atoms with Crippen LogP contribution in [0.15, 0.2) is 30.3 Å².